The van der Waals surface area contributed by atoms with Crippen LogP contribution in [0.3, 0.4) is 0 Å². The minimum atomic E-state index is -0.0160. The zero-order chi connectivity index (χ0) is 24.8. The van der Waals surface area contributed by atoms with E-state index in [0.717, 1.165) is 54.9 Å². The number of hydrogen-bond acceptors (Lipinski definition) is 7. The maximum atomic E-state index is 7.49. The molecule has 0 radical (unpaired) electrons. The highest BCUT2D eigenvalue weighted by Crippen LogP contribution is 2.35. The number of likely N-dealkylation sites (N-methyl/N-ethyl adjacent to an activating group) is 1. The van der Waals surface area contributed by atoms with E-state index in [1.807, 2.05) is 32.0 Å². The van der Waals surface area contributed by atoms with Crippen LogP contribution in [0, 0.1) is 6.57 Å². The van der Waals surface area contributed by atoms with Gasteiger partial charge >= 0.3 is 0 Å². The van der Waals surface area contributed by atoms with Crippen molar-refractivity contribution in [3.05, 3.63) is 58.9 Å². The minimum absolute atomic E-state index is 0.0160. The molecular weight excluding hydrogens is 442 g/mol. The van der Waals surface area contributed by atoms with E-state index in [2.05, 4.69) is 45.0 Å². The fourth-order valence-corrected chi connectivity index (χ4v) is 4.18. The minimum Gasteiger partial charge on any atom is -0.502 e. The van der Waals surface area contributed by atoms with Crippen molar-refractivity contribution in [2.24, 2.45) is 5.16 Å². The molecule has 2 aromatic carbocycles. The van der Waals surface area contributed by atoms with Crippen molar-refractivity contribution in [2.75, 3.05) is 26.2 Å². The second-order valence-electron chi connectivity index (χ2n) is 8.61. The Morgan fingerprint density at radius 1 is 1.14 bits per heavy atom. The highest BCUT2D eigenvalue weighted by Gasteiger charge is 2.24. The van der Waals surface area contributed by atoms with E-state index in [1.54, 1.807) is 12.1 Å². The summed E-state index contributed by atoms with van der Waals surface area (Å²) in [6, 6.07) is 11.4. The van der Waals surface area contributed by atoms with E-state index in [-0.39, 0.29) is 6.10 Å². The van der Waals surface area contributed by atoms with Crippen molar-refractivity contribution in [1.29, 1.82) is 0 Å². The van der Waals surface area contributed by atoms with Gasteiger partial charge in [0, 0.05) is 23.2 Å². The van der Waals surface area contributed by atoms with Crippen LogP contribution >= 0.6 is 0 Å². The van der Waals surface area contributed by atoms with Gasteiger partial charge in [0.05, 0.1) is 18.4 Å². The maximum absolute atomic E-state index is 7.49. The van der Waals surface area contributed by atoms with Crippen LogP contribution in [0.5, 0.6) is 5.75 Å². The van der Waals surface area contributed by atoms with E-state index in [1.165, 1.54) is 0 Å². The van der Waals surface area contributed by atoms with E-state index >= 15 is 0 Å². The molecule has 1 aromatic heterocycles. The molecule has 0 saturated carbocycles. The van der Waals surface area contributed by atoms with Gasteiger partial charge in [-0.3, -0.25) is 0 Å². The molecule has 0 N–H and O–H groups in total. The number of aromatic nitrogens is 2. The Hall–Kier alpha value is -3.70. The largest absolute Gasteiger partial charge is 0.502 e. The average molecular weight is 474 g/mol. The van der Waals surface area contributed by atoms with Crippen LogP contribution in [-0.4, -0.2) is 53.1 Å². The molecule has 0 fully saturated rings. The lowest BCUT2D eigenvalue weighted by atomic mass is 10.0. The molecule has 0 spiro atoms. The molecule has 3 aromatic rings. The average Bonchev–Trinajstić information content (AvgIpc) is 3.52. The first-order chi connectivity index (χ1) is 17.0. The van der Waals surface area contributed by atoms with Crippen LogP contribution in [0.1, 0.15) is 45.2 Å². The summed E-state index contributed by atoms with van der Waals surface area (Å²) in [7, 11) is 0. The zero-order valence-electron chi connectivity index (χ0n) is 20.7. The van der Waals surface area contributed by atoms with Crippen molar-refractivity contribution >= 4 is 11.4 Å². The lowest BCUT2D eigenvalue weighted by Gasteiger charge is -2.16. The Morgan fingerprint density at radius 2 is 1.94 bits per heavy atom. The molecule has 35 heavy (non-hydrogen) atoms. The molecule has 4 rings (SSSR count). The number of benzene rings is 2. The van der Waals surface area contributed by atoms with E-state index in [0.29, 0.717) is 35.3 Å². The van der Waals surface area contributed by atoms with Crippen molar-refractivity contribution < 1.29 is 14.1 Å². The van der Waals surface area contributed by atoms with Gasteiger partial charge in [-0.05, 0) is 63.5 Å². The second kappa shape index (κ2) is 11.2. The van der Waals surface area contributed by atoms with Gasteiger partial charge in [-0.1, -0.05) is 42.4 Å². The predicted octanol–water partition coefficient (Wildman–Crippen LogP) is 5.75. The Morgan fingerprint density at radius 3 is 2.69 bits per heavy atom. The van der Waals surface area contributed by atoms with E-state index in [4.69, 9.17) is 20.7 Å². The van der Waals surface area contributed by atoms with Gasteiger partial charge in [-0.15, -0.1) is 0 Å². The van der Waals surface area contributed by atoms with Crippen LogP contribution in [0.2, 0.25) is 0 Å². The van der Waals surface area contributed by atoms with E-state index < -0.39 is 0 Å². The third-order valence-corrected chi connectivity index (χ3v) is 6.02. The summed E-state index contributed by atoms with van der Waals surface area (Å²) in [6.07, 6.45) is 1.64. The fourth-order valence-electron chi connectivity index (χ4n) is 4.18. The van der Waals surface area contributed by atoms with Crippen molar-refractivity contribution in [2.45, 2.75) is 46.6 Å². The monoisotopic (exact) mass is 473 g/mol. The Labute approximate surface area is 206 Å². The molecule has 0 saturated heterocycles. The van der Waals surface area contributed by atoms with Gasteiger partial charge in [0.1, 0.15) is 12.4 Å². The first kappa shape index (κ1) is 24.4. The lowest BCUT2D eigenvalue weighted by molar-refractivity contribution is 0.114. The highest BCUT2D eigenvalue weighted by atomic mass is 16.6. The Balaban J connectivity index is 1.53. The molecule has 1 aliphatic carbocycles. The molecule has 0 atom stereocenters. The summed E-state index contributed by atoms with van der Waals surface area (Å²) >= 11 is 0. The number of ether oxygens (including phenoxy) is 1. The van der Waals surface area contributed by atoms with Gasteiger partial charge in [0.15, 0.2) is 0 Å². The molecule has 0 bridgehead atoms. The molecule has 0 amide bonds. The summed E-state index contributed by atoms with van der Waals surface area (Å²) in [5, 5.41) is 8.66. The van der Waals surface area contributed by atoms with Gasteiger partial charge in [-0.2, -0.15) is 4.98 Å². The van der Waals surface area contributed by atoms with Crippen molar-refractivity contribution in [3.63, 3.8) is 0 Å². The molecule has 0 aliphatic heterocycles. The second-order valence-corrected chi connectivity index (χ2v) is 8.61. The summed E-state index contributed by atoms with van der Waals surface area (Å²) in [5.41, 5.74) is 5.19. The molecule has 0 unspecified atom stereocenters. The summed E-state index contributed by atoms with van der Waals surface area (Å²) in [4.78, 5) is 16.2. The Kier molecular flexibility index (Phi) is 7.78. The van der Waals surface area contributed by atoms with Crippen LogP contribution in [0.15, 0.2) is 46.1 Å². The predicted molar refractivity (Wildman–Crippen MR) is 136 cm³/mol. The quantitative estimate of drug-likeness (QED) is 0.212. The van der Waals surface area contributed by atoms with Gasteiger partial charge in [-0.25, -0.2) is 4.85 Å². The van der Waals surface area contributed by atoms with Crippen LogP contribution in [-0.2, 0) is 11.3 Å². The third kappa shape index (κ3) is 5.52. The molecule has 182 valence electrons. The molecular formula is C27H31N5O3. The number of fused-ring (bicyclic) bond motifs is 1. The smallest absolute Gasteiger partial charge is 0.256 e. The lowest BCUT2D eigenvalue weighted by Crippen LogP contribution is -2.26. The zero-order valence-corrected chi connectivity index (χ0v) is 20.7. The highest BCUT2D eigenvalue weighted by molar-refractivity contribution is 6.05. The molecule has 1 heterocycles. The molecule has 8 heteroatoms. The summed E-state index contributed by atoms with van der Waals surface area (Å²) in [5.74, 6) is 1.43. The van der Waals surface area contributed by atoms with Crippen molar-refractivity contribution in [1.82, 2.24) is 15.0 Å². The number of rotatable bonds is 10. The topological polar surface area (TPSA) is 77.3 Å². The molecule has 8 nitrogen and oxygen atoms in total. The third-order valence-electron chi connectivity index (χ3n) is 6.02. The van der Waals surface area contributed by atoms with Crippen LogP contribution < -0.4 is 4.74 Å². The summed E-state index contributed by atoms with van der Waals surface area (Å²) < 4.78 is 11.3. The first-order valence-electron chi connectivity index (χ1n) is 12.1. The summed E-state index contributed by atoms with van der Waals surface area (Å²) in [6.45, 7) is 19.1. The van der Waals surface area contributed by atoms with E-state index in [9.17, 15) is 0 Å². The SMILES string of the molecule is [C-]#[N+]c1cc(-c2nc(-c3cccc4c3CC/C4=N/OCCN(CC)CC)no2)ccc1OC(C)C. The Bertz CT molecular complexity index is 1240. The molecule has 1 aliphatic rings. The van der Waals surface area contributed by atoms with Crippen LogP contribution in [0.25, 0.3) is 27.7 Å². The van der Waals surface area contributed by atoms with Gasteiger partial charge in [0.2, 0.25) is 11.5 Å². The normalized spacial score (nSPS) is 13.9. The van der Waals surface area contributed by atoms with Crippen LogP contribution in [0.4, 0.5) is 5.69 Å². The number of nitrogens with zero attached hydrogens (tertiary/aromatic N) is 5. The maximum Gasteiger partial charge on any atom is 0.256 e. The van der Waals surface area contributed by atoms with Gasteiger partial charge in [0.25, 0.3) is 5.89 Å². The van der Waals surface area contributed by atoms with Crippen molar-refractivity contribution in [3.8, 4) is 28.6 Å². The standard InChI is InChI=1S/C27H31N5O3/c1-6-32(7-2)15-16-33-30-23-13-12-20-21(23)9-8-10-22(20)26-29-27(35-31-26)19-11-14-25(34-18(3)4)24(17-19)28-5/h8-11,14,17-18H,6-7,12-13,15-16H2,1-4H3/b30-23-. The number of hydrogen-bond donors (Lipinski definition) is 0. The first-order valence-corrected chi connectivity index (χ1v) is 12.1. The fraction of sp³-hybridized carbons (Fsp3) is 0.407. The van der Waals surface area contributed by atoms with Gasteiger partial charge < -0.3 is 19.0 Å². The number of oxime groups is 1.